The van der Waals surface area contributed by atoms with Crippen LogP contribution in [0.3, 0.4) is 0 Å². The van der Waals surface area contributed by atoms with Gasteiger partial charge < -0.3 is 5.32 Å². The Labute approximate surface area is 119 Å². The highest BCUT2D eigenvalue weighted by Gasteiger charge is 2.05. The summed E-state index contributed by atoms with van der Waals surface area (Å²) in [5, 5.41) is 22.9. The molecule has 0 saturated heterocycles. The molecule has 0 bridgehead atoms. The van der Waals surface area contributed by atoms with Crippen LogP contribution in [0, 0.1) is 18.3 Å². The first kappa shape index (κ1) is 12.4. The molecule has 2 N–H and O–H groups in total. The number of aryl methyl sites for hydroxylation is 1. The van der Waals surface area contributed by atoms with Gasteiger partial charge in [-0.2, -0.15) is 10.4 Å². The van der Waals surface area contributed by atoms with E-state index in [9.17, 15) is 5.26 Å². The van der Waals surface area contributed by atoms with Crippen LogP contribution in [0.15, 0.2) is 36.0 Å². The van der Waals surface area contributed by atoms with E-state index in [1.807, 2.05) is 30.5 Å². The highest BCUT2D eigenvalue weighted by Crippen LogP contribution is 2.20. The van der Waals surface area contributed by atoms with Crippen molar-refractivity contribution in [3.05, 3.63) is 46.7 Å². The van der Waals surface area contributed by atoms with E-state index in [4.69, 9.17) is 0 Å². The number of nitrogens with one attached hydrogen (secondary N) is 2. The normalized spacial score (nSPS) is 11.5. The molecule has 0 saturated carbocycles. The average Bonchev–Trinajstić information content (AvgIpc) is 3.08. The first-order chi connectivity index (χ1) is 9.76. The summed E-state index contributed by atoms with van der Waals surface area (Å²) >= 11 is 1.46. The Morgan fingerprint density at radius 3 is 3.15 bits per heavy atom. The first-order valence-electron chi connectivity index (χ1n) is 5.99. The highest BCUT2D eigenvalue weighted by molar-refractivity contribution is 7.10. The van der Waals surface area contributed by atoms with Crippen molar-refractivity contribution < 1.29 is 0 Å². The minimum atomic E-state index is 0.521. The fourth-order valence-electron chi connectivity index (χ4n) is 1.80. The molecule has 98 valence electrons. The number of nitriles is 1. The van der Waals surface area contributed by atoms with Crippen molar-refractivity contribution in [2.45, 2.75) is 6.92 Å². The smallest absolute Gasteiger partial charge is 0.135 e. The second-order valence-electron chi connectivity index (χ2n) is 4.28. The molecule has 0 amide bonds. The van der Waals surface area contributed by atoms with Gasteiger partial charge >= 0.3 is 0 Å². The SMILES string of the molecule is Cc1csc(/C(C#N)=C/Nc2ccc3cn[nH]c3c2)n1. The lowest BCUT2D eigenvalue weighted by Gasteiger charge is -2.01. The van der Waals surface area contributed by atoms with Gasteiger partial charge in [0.15, 0.2) is 0 Å². The Hall–Kier alpha value is -2.65. The summed E-state index contributed by atoms with van der Waals surface area (Å²) in [5.74, 6) is 0. The van der Waals surface area contributed by atoms with Gasteiger partial charge in [-0.05, 0) is 25.1 Å². The largest absolute Gasteiger partial charge is 0.360 e. The Morgan fingerprint density at radius 1 is 1.50 bits per heavy atom. The van der Waals surface area contributed by atoms with E-state index in [0.29, 0.717) is 5.57 Å². The van der Waals surface area contributed by atoms with Gasteiger partial charge in [0.2, 0.25) is 0 Å². The van der Waals surface area contributed by atoms with E-state index in [-0.39, 0.29) is 0 Å². The molecule has 2 aromatic heterocycles. The molecule has 3 aromatic rings. The van der Waals surface area contributed by atoms with Crippen LogP contribution in [0.4, 0.5) is 5.69 Å². The van der Waals surface area contributed by atoms with Crippen LogP contribution >= 0.6 is 11.3 Å². The van der Waals surface area contributed by atoms with Crippen molar-refractivity contribution in [2.24, 2.45) is 0 Å². The second-order valence-corrected chi connectivity index (χ2v) is 5.14. The van der Waals surface area contributed by atoms with Crippen LogP contribution in [0.1, 0.15) is 10.7 Å². The minimum Gasteiger partial charge on any atom is -0.360 e. The summed E-state index contributed by atoms with van der Waals surface area (Å²) < 4.78 is 0. The number of fused-ring (bicyclic) bond motifs is 1. The van der Waals surface area contributed by atoms with Crippen LogP contribution < -0.4 is 5.32 Å². The van der Waals surface area contributed by atoms with E-state index < -0.39 is 0 Å². The van der Waals surface area contributed by atoms with Crippen LogP contribution in [0.2, 0.25) is 0 Å². The van der Waals surface area contributed by atoms with E-state index >= 15 is 0 Å². The first-order valence-corrected chi connectivity index (χ1v) is 6.86. The van der Waals surface area contributed by atoms with Gasteiger partial charge in [-0.25, -0.2) is 4.98 Å². The molecule has 0 aliphatic carbocycles. The van der Waals surface area contributed by atoms with Gasteiger partial charge in [-0.3, -0.25) is 5.10 Å². The second kappa shape index (κ2) is 5.15. The molecular formula is C14H11N5S. The van der Waals surface area contributed by atoms with Crippen molar-refractivity contribution in [2.75, 3.05) is 5.32 Å². The molecule has 0 unspecified atom stereocenters. The van der Waals surface area contributed by atoms with Crippen molar-refractivity contribution >= 4 is 33.5 Å². The zero-order valence-corrected chi connectivity index (χ0v) is 11.5. The zero-order valence-electron chi connectivity index (χ0n) is 10.7. The van der Waals surface area contributed by atoms with Gasteiger partial charge in [0.05, 0.1) is 11.7 Å². The lowest BCUT2D eigenvalue weighted by Crippen LogP contribution is -1.91. The topological polar surface area (TPSA) is 77.4 Å². The molecule has 0 fully saturated rings. The summed E-state index contributed by atoms with van der Waals surface area (Å²) in [5.41, 5.74) is 3.28. The van der Waals surface area contributed by atoms with Crippen molar-refractivity contribution in [3.8, 4) is 6.07 Å². The molecular weight excluding hydrogens is 270 g/mol. The number of H-pyrrole nitrogens is 1. The number of nitrogens with zero attached hydrogens (tertiary/aromatic N) is 3. The molecule has 20 heavy (non-hydrogen) atoms. The van der Waals surface area contributed by atoms with Crippen LogP contribution in [0.25, 0.3) is 16.5 Å². The van der Waals surface area contributed by atoms with Crippen LogP contribution in [-0.2, 0) is 0 Å². The maximum absolute atomic E-state index is 9.20. The number of hydrogen-bond donors (Lipinski definition) is 2. The quantitative estimate of drug-likeness (QED) is 0.722. The third-order valence-corrected chi connectivity index (χ3v) is 3.79. The molecule has 0 radical (unpaired) electrons. The molecule has 0 atom stereocenters. The van der Waals surface area contributed by atoms with Crippen LogP contribution in [0.5, 0.6) is 0 Å². The molecule has 2 heterocycles. The van der Waals surface area contributed by atoms with Crippen molar-refractivity contribution in [1.29, 1.82) is 5.26 Å². The van der Waals surface area contributed by atoms with Gasteiger partial charge in [0.25, 0.3) is 0 Å². The fourth-order valence-corrected chi connectivity index (χ4v) is 2.56. The molecule has 0 spiro atoms. The number of allylic oxidation sites excluding steroid dienone is 1. The summed E-state index contributed by atoms with van der Waals surface area (Å²) in [6, 6.07) is 8.01. The van der Waals surface area contributed by atoms with E-state index in [1.165, 1.54) is 11.3 Å². The molecule has 0 aliphatic heterocycles. The summed E-state index contributed by atoms with van der Waals surface area (Å²) in [7, 11) is 0. The number of hydrogen-bond acceptors (Lipinski definition) is 5. The maximum atomic E-state index is 9.20. The van der Waals surface area contributed by atoms with Gasteiger partial charge in [-0.1, -0.05) is 0 Å². The fraction of sp³-hybridized carbons (Fsp3) is 0.0714. The Bertz CT molecular complexity index is 821. The lowest BCUT2D eigenvalue weighted by atomic mass is 10.2. The molecule has 1 aromatic carbocycles. The highest BCUT2D eigenvalue weighted by atomic mass is 32.1. The zero-order chi connectivity index (χ0) is 13.9. The number of anilines is 1. The Kier molecular flexibility index (Phi) is 3.19. The molecule has 5 nitrogen and oxygen atoms in total. The third-order valence-electron chi connectivity index (χ3n) is 2.79. The van der Waals surface area contributed by atoms with E-state index in [2.05, 4.69) is 26.6 Å². The van der Waals surface area contributed by atoms with E-state index in [0.717, 1.165) is 27.3 Å². The molecule has 0 aliphatic rings. The third kappa shape index (κ3) is 2.39. The Balaban J connectivity index is 1.86. The predicted octanol–water partition coefficient (Wildman–Crippen LogP) is 3.30. The number of rotatable bonds is 3. The summed E-state index contributed by atoms with van der Waals surface area (Å²) in [6.07, 6.45) is 3.45. The van der Waals surface area contributed by atoms with E-state index in [1.54, 1.807) is 12.4 Å². The van der Waals surface area contributed by atoms with Gasteiger partial charge in [0.1, 0.15) is 16.6 Å². The lowest BCUT2D eigenvalue weighted by molar-refractivity contribution is 1.12. The minimum absolute atomic E-state index is 0.521. The van der Waals surface area contributed by atoms with Crippen molar-refractivity contribution in [3.63, 3.8) is 0 Å². The van der Waals surface area contributed by atoms with Crippen LogP contribution in [-0.4, -0.2) is 15.2 Å². The summed E-state index contributed by atoms with van der Waals surface area (Å²) in [4.78, 5) is 4.31. The number of aromatic amines is 1. The van der Waals surface area contributed by atoms with Gasteiger partial charge in [-0.15, -0.1) is 11.3 Å². The standard InChI is InChI=1S/C14H11N5S/c1-9-8-20-14(18-9)11(5-15)6-16-12-3-2-10-7-17-19-13(10)4-12/h2-4,6-8,16H,1H3,(H,17,19)/b11-6+. The van der Waals surface area contributed by atoms with Gasteiger partial charge in [0, 0.05) is 28.3 Å². The average molecular weight is 281 g/mol. The summed E-state index contributed by atoms with van der Waals surface area (Å²) in [6.45, 7) is 1.91. The maximum Gasteiger partial charge on any atom is 0.135 e. The number of benzene rings is 1. The van der Waals surface area contributed by atoms with Crippen molar-refractivity contribution in [1.82, 2.24) is 15.2 Å². The monoisotopic (exact) mass is 281 g/mol. The predicted molar refractivity (Wildman–Crippen MR) is 80.2 cm³/mol. The number of aromatic nitrogens is 3. The molecule has 3 rings (SSSR count). The number of thiazole rings is 1. The molecule has 6 heteroatoms. The Morgan fingerprint density at radius 2 is 2.40 bits per heavy atom.